The molecule has 5 rings (SSSR count). The van der Waals surface area contributed by atoms with Gasteiger partial charge in [-0.05, 0) is 54.7 Å². The number of amides is 1. The molecule has 3 aliphatic heterocycles. The minimum Gasteiger partial charge on any atom is -0.355 e. The first-order chi connectivity index (χ1) is 15.5. The molecule has 2 aromatic rings. The van der Waals surface area contributed by atoms with Gasteiger partial charge in [-0.2, -0.15) is 11.8 Å². The van der Waals surface area contributed by atoms with Gasteiger partial charge in [0.05, 0.1) is 0 Å². The fourth-order valence-corrected chi connectivity index (χ4v) is 7.68. The largest absolute Gasteiger partial charge is 0.355 e. The van der Waals surface area contributed by atoms with Crippen LogP contribution in [0, 0.1) is 18.3 Å². The molecule has 3 aliphatic rings. The van der Waals surface area contributed by atoms with E-state index in [-0.39, 0.29) is 5.91 Å². The summed E-state index contributed by atoms with van der Waals surface area (Å²) in [7, 11) is 0. The maximum atomic E-state index is 13.8. The van der Waals surface area contributed by atoms with Gasteiger partial charge in [0.2, 0.25) is 0 Å². The number of anilines is 1. The summed E-state index contributed by atoms with van der Waals surface area (Å²) in [6.45, 7) is 9.43. The maximum Gasteiger partial charge on any atom is 0.259 e. The van der Waals surface area contributed by atoms with E-state index in [4.69, 9.17) is 0 Å². The fraction of sp³-hybridized carbons (Fsp3) is 0.577. The number of likely N-dealkylation sites (tertiary alicyclic amines) is 1. The van der Waals surface area contributed by atoms with Crippen LogP contribution < -0.4 is 4.90 Å². The molecule has 0 bridgehead atoms. The van der Waals surface area contributed by atoms with Gasteiger partial charge in [0.1, 0.15) is 17.7 Å². The van der Waals surface area contributed by atoms with Crippen molar-refractivity contribution in [2.45, 2.75) is 52.0 Å². The molecule has 4 heterocycles. The van der Waals surface area contributed by atoms with Crippen LogP contribution in [0.2, 0.25) is 0 Å². The van der Waals surface area contributed by atoms with Crippen LogP contribution in [0.25, 0.3) is 0 Å². The second-order valence-electron chi connectivity index (χ2n) is 10.1. The van der Waals surface area contributed by atoms with Gasteiger partial charge in [0, 0.05) is 43.2 Å². The van der Waals surface area contributed by atoms with Crippen molar-refractivity contribution < 1.29 is 4.79 Å². The Hall–Kier alpha value is -2.08. The Morgan fingerprint density at radius 3 is 2.75 bits per heavy atom. The van der Waals surface area contributed by atoms with Crippen molar-refractivity contribution in [2.75, 3.05) is 36.0 Å². The third kappa shape index (κ3) is 3.70. The van der Waals surface area contributed by atoms with E-state index in [1.54, 1.807) is 12.5 Å². The van der Waals surface area contributed by atoms with Crippen LogP contribution in [0.4, 0.5) is 5.82 Å². The van der Waals surface area contributed by atoms with E-state index in [0.717, 1.165) is 31.9 Å². The summed E-state index contributed by atoms with van der Waals surface area (Å²) in [5, 5.41) is 0. The van der Waals surface area contributed by atoms with E-state index in [1.165, 1.54) is 35.5 Å². The molecular weight excluding hydrogens is 416 g/mol. The lowest BCUT2D eigenvalue weighted by atomic mass is 9.63. The molecule has 32 heavy (non-hydrogen) atoms. The Balaban J connectivity index is 1.37. The summed E-state index contributed by atoms with van der Waals surface area (Å²) in [5.74, 6) is 4.30. The van der Waals surface area contributed by atoms with Gasteiger partial charge in [0.25, 0.3) is 5.91 Å². The van der Waals surface area contributed by atoms with Gasteiger partial charge in [-0.25, -0.2) is 9.97 Å². The van der Waals surface area contributed by atoms with E-state index in [9.17, 15) is 4.79 Å². The van der Waals surface area contributed by atoms with Gasteiger partial charge >= 0.3 is 0 Å². The number of thioether (sulfide) groups is 1. The van der Waals surface area contributed by atoms with Crippen LogP contribution in [0.1, 0.15) is 60.5 Å². The highest BCUT2D eigenvalue weighted by atomic mass is 32.2. The molecule has 0 saturated carbocycles. The number of rotatable bonds is 4. The smallest absolute Gasteiger partial charge is 0.259 e. The molecule has 2 atom stereocenters. The van der Waals surface area contributed by atoms with Gasteiger partial charge in [-0.3, -0.25) is 4.79 Å². The van der Waals surface area contributed by atoms with Crippen molar-refractivity contribution >= 4 is 23.5 Å². The maximum absolute atomic E-state index is 13.8. The predicted octanol–water partition coefficient (Wildman–Crippen LogP) is 4.77. The molecule has 2 unspecified atom stereocenters. The van der Waals surface area contributed by atoms with Crippen molar-refractivity contribution in [3.8, 4) is 0 Å². The number of hydrogen-bond donors (Lipinski definition) is 0. The Morgan fingerprint density at radius 1 is 1.22 bits per heavy atom. The molecule has 6 heteroatoms. The molecule has 170 valence electrons. The summed E-state index contributed by atoms with van der Waals surface area (Å²) < 4.78 is 0. The molecule has 1 aromatic carbocycles. The average molecular weight is 451 g/mol. The zero-order valence-corrected chi connectivity index (χ0v) is 20.3. The first kappa shape index (κ1) is 21.7. The van der Waals surface area contributed by atoms with Crippen molar-refractivity contribution in [3.63, 3.8) is 0 Å². The van der Waals surface area contributed by atoms with E-state index in [0.29, 0.717) is 28.9 Å². The zero-order valence-electron chi connectivity index (χ0n) is 19.5. The molecule has 0 aliphatic carbocycles. The van der Waals surface area contributed by atoms with Crippen LogP contribution in [-0.4, -0.2) is 58.0 Å². The SMILES string of the molecule is Cc1ccccc1C1CCN(c2ncncc2C(=O)N2CC3(CCSCC3)C2C(C)C)C1. The van der Waals surface area contributed by atoms with Crippen molar-refractivity contribution in [1.82, 2.24) is 14.9 Å². The van der Waals surface area contributed by atoms with Gasteiger partial charge < -0.3 is 9.80 Å². The summed E-state index contributed by atoms with van der Waals surface area (Å²) in [5.41, 5.74) is 3.74. The molecule has 1 spiro atoms. The van der Waals surface area contributed by atoms with Crippen molar-refractivity contribution in [1.29, 1.82) is 0 Å². The quantitative estimate of drug-likeness (QED) is 0.671. The Kier molecular flexibility index (Phi) is 5.91. The minimum absolute atomic E-state index is 0.113. The summed E-state index contributed by atoms with van der Waals surface area (Å²) in [6, 6.07) is 8.98. The highest BCUT2D eigenvalue weighted by Crippen LogP contribution is 2.51. The number of nitrogens with zero attached hydrogens (tertiary/aromatic N) is 4. The average Bonchev–Trinajstić information content (AvgIpc) is 3.27. The lowest BCUT2D eigenvalue weighted by Crippen LogP contribution is -2.69. The number of hydrogen-bond acceptors (Lipinski definition) is 5. The number of benzene rings is 1. The van der Waals surface area contributed by atoms with Crippen LogP contribution in [0.3, 0.4) is 0 Å². The molecule has 3 fully saturated rings. The molecule has 0 N–H and O–H groups in total. The molecule has 0 radical (unpaired) electrons. The van der Waals surface area contributed by atoms with Crippen molar-refractivity contribution in [2.24, 2.45) is 11.3 Å². The Morgan fingerprint density at radius 2 is 2.00 bits per heavy atom. The van der Waals surface area contributed by atoms with E-state index in [1.807, 2.05) is 0 Å². The minimum atomic E-state index is 0.113. The Bertz CT molecular complexity index is 987. The van der Waals surface area contributed by atoms with Crippen molar-refractivity contribution in [3.05, 3.63) is 53.5 Å². The molecule has 1 amide bonds. The normalized spacial score (nSPS) is 24.8. The molecule has 3 saturated heterocycles. The van der Waals surface area contributed by atoms with Crippen LogP contribution in [-0.2, 0) is 0 Å². The Labute approximate surface area is 196 Å². The van der Waals surface area contributed by atoms with Gasteiger partial charge in [0.15, 0.2) is 0 Å². The lowest BCUT2D eigenvalue weighted by molar-refractivity contribution is -0.0790. The second-order valence-corrected chi connectivity index (χ2v) is 11.4. The van der Waals surface area contributed by atoms with Crippen LogP contribution >= 0.6 is 11.8 Å². The first-order valence-corrected chi connectivity index (χ1v) is 13.1. The molecular formula is C26H34N4OS. The van der Waals surface area contributed by atoms with E-state index in [2.05, 4.69) is 76.6 Å². The zero-order chi connectivity index (χ0) is 22.3. The van der Waals surface area contributed by atoms with Crippen LogP contribution in [0.15, 0.2) is 36.8 Å². The second kappa shape index (κ2) is 8.69. The third-order valence-electron chi connectivity index (χ3n) is 7.87. The number of carbonyl (C=O) groups is 1. The highest BCUT2D eigenvalue weighted by Gasteiger charge is 2.55. The number of aromatic nitrogens is 2. The molecule has 5 nitrogen and oxygen atoms in total. The van der Waals surface area contributed by atoms with Crippen LogP contribution in [0.5, 0.6) is 0 Å². The monoisotopic (exact) mass is 450 g/mol. The highest BCUT2D eigenvalue weighted by molar-refractivity contribution is 7.99. The standard InChI is InChI=1S/C26H34N4OS/c1-18(2)23-26(9-12-32-13-10-26)16-30(23)25(31)22-14-27-17-28-24(22)29-11-8-20(15-29)21-7-5-4-6-19(21)3/h4-7,14,17-18,20,23H,8-13,15-16H2,1-3H3. The summed E-state index contributed by atoms with van der Waals surface area (Å²) in [6.07, 6.45) is 6.87. The first-order valence-electron chi connectivity index (χ1n) is 12.0. The summed E-state index contributed by atoms with van der Waals surface area (Å²) in [4.78, 5) is 27.0. The lowest BCUT2D eigenvalue weighted by Gasteiger charge is -2.61. The predicted molar refractivity (Wildman–Crippen MR) is 131 cm³/mol. The molecule has 1 aromatic heterocycles. The number of carbonyl (C=O) groups excluding carboxylic acids is 1. The van der Waals surface area contributed by atoms with E-state index >= 15 is 0 Å². The van der Waals surface area contributed by atoms with Gasteiger partial charge in [-0.1, -0.05) is 38.1 Å². The topological polar surface area (TPSA) is 49.3 Å². The van der Waals surface area contributed by atoms with E-state index < -0.39 is 0 Å². The number of aryl methyl sites for hydroxylation is 1. The fourth-order valence-electron chi connectivity index (χ4n) is 6.38. The van der Waals surface area contributed by atoms with Gasteiger partial charge in [-0.15, -0.1) is 0 Å². The summed E-state index contributed by atoms with van der Waals surface area (Å²) >= 11 is 2.05. The third-order valence-corrected chi connectivity index (χ3v) is 8.85.